The maximum absolute atomic E-state index is 9.71. The van der Waals surface area contributed by atoms with Gasteiger partial charge in [-0.25, -0.2) is 0 Å². The van der Waals surface area contributed by atoms with Gasteiger partial charge in [0.2, 0.25) is 0 Å². The van der Waals surface area contributed by atoms with E-state index in [1.807, 2.05) is 24.3 Å². The molecular formula is C19H19NOSi. The Kier molecular flexibility index (Phi) is 3.74. The van der Waals surface area contributed by atoms with E-state index in [9.17, 15) is 5.26 Å². The van der Waals surface area contributed by atoms with Crippen molar-refractivity contribution in [3.8, 4) is 6.07 Å². The quantitative estimate of drug-likeness (QED) is 0.479. The van der Waals surface area contributed by atoms with Gasteiger partial charge in [-0.3, -0.25) is 0 Å². The van der Waals surface area contributed by atoms with Crippen molar-refractivity contribution in [3.05, 3.63) is 60.2 Å². The van der Waals surface area contributed by atoms with Gasteiger partial charge in [-0.15, -0.1) is 0 Å². The molecule has 0 aliphatic heterocycles. The SMILES string of the molecule is C[Si](C)(C)OC(C#N)c1c2ccccc2cc2ccccc12. The summed E-state index contributed by atoms with van der Waals surface area (Å²) in [5, 5.41) is 14.2. The van der Waals surface area contributed by atoms with Gasteiger partial charge >= 0.3 is 0 Å². The Balaban J connectivity index is 2.35. The number of fused-ring (bicyclic) bond motifs is 2. The molecule has 0 heterocycles. The molecule has 0 fully saturated rings. The van der Waals surface area contributed by atoms with Crippen LogP contribution in [0.2, 0.25) is 19.6 Å². The van der Waals surface area contributed by atoms with E-state index in [2.05, 4.69) is 56.0 Å². The molecule has 0 radical (unpaired) electrons. The molecule has 110 valence electrons. The van der Waals surface area contributed by atoms with Crippen LogP contribution >= 0.6 is 0 Å². The average Bonchev–Trinajstić information content (AvgIpc) is 2.49. The number of rotatable bonds is 3. The summed E-state index contributed by atoms with van der Waals surface area (Å²) >= 11 is 0. The van der Waals surface area contributed by atoms with E-state index in [0.717, 1.165) is 27.1 Å². The van der Waals surface area contributed by atoms with Crippen molar-refractivity contribution >= 4 is 29.9 Å². The fraction of sp³-hybridized carbons (Fsp3) is 0.211. The number of nitriles is 1. The van der Waals surface area contributed by atoms with E-state index in [1.165, 1.54) is 0 Å². The third-order valence-corrected chi connectivity index (χ3v) is 4.61. The van der Waals surface area contributed by atoms with Gasteiger partial charge in [0, 0.05) is 5.56 Å². The molecule has 2 nitrogen and oxygen atoms in total. The molecular weight excluding hydrogens is 286 g/mol. The zero-order valence-electron chi connectivity index (χ0n) is 13.1. The number of nitrogens with zero attached hydrogens (tertiary/aromatic N) is 1. The molecule has 3 aromatic carbocycles. The second-order valence-corrected chi connectivity index (χ2v) is 10.9. The fourth-order valence-electron chi connectivity index (χ4n) is 2.83. The molecule has 0 amide bonds. The Morgan fingerprint density at radius 3 is 1.86 bits per heavy atom. The van der Waals surface area contributed by atoms with Gasteiger partial charge in [0.15, 0.2) is 14.4 Å². The van der Waals surface area contributed by atoms with Crippen LogP contribution in [0.1, 0.15) is 11.7 Å². The van der Waals surface area contributed by atoms with Crippen LogP contribution in [-0.2, 0) is 4.43 Å². The Morgan fingerprint density at radius 1 is 0.909 bits per heavy atom. The van der Waals surface area contributed by atoms with Gasteiger partial charge in [0.25, 0.3) is 0 Å². The largest absolute Gasteiger partial charge is 0.399 e. The van der Waals surface area contributed by atoms with E-state index in [-0.39, 0.29) is 0 Å². The highest BCUT2D eigenvalue weighted by Crippen LogP contribution is 2.35. The van der Waals surface area contributed by atoms with Gasteiger partial charge in [-0.05, 0) is 47.3 Å². The minimum atomic E-state index is -1.82. The van der Waals surface area contributed by atoms with E-state index in [4.69, 9.17) is 4.43 Å². The minimum absolute atomic E-state index is 0.525. The van der Waals surface area contributed by atoms with Crippen LogP contribution in [-0.4, -0.2) is 8.32 Å². The minimum Gasteiger partial charge on any atom is -0.399 e. The molecule has 3 heteroatoms. The predicted octanol–water partition coefficient (Wildman–Crippen LogP) is 5.41. The molecule has 0 bridgehead atoms. The molecule has 22 heavy (non-hydrogen) atoms. The van der Waals surface area contributed by atoms with Crippen molar-refractivity contribution in [3.63, 3.8) is 0 Å². The molecule has 0 saturated heterocycles. The van der Waals surface area contributed by atoms with Gasteiger partial charge in [-0.2, -0.15) is 5.26 Å². The summed E-state index contributed by atoms with van der Waals surface area (Å²) in [4.78, 5) is 0. The smallest absolute Gasteiger partial charge is 0.186 e. The fourth-order valence-corrected chi connectivity index (χ4v) is 3.71. The zero-order valence-corrected chi connectivity index (χ0v) is 14.1. The highest BCUT2D eigenvalue weighted by Gasteiger charge is 2.25. The standard InChI is InChI=1S/C19H19NOSi/c1-22(2,3)21-18(13-20)19-16-10-6-4-8-14(16)12-15-9-5-7-11-17(15)19/h4-12,18H,1-3H3. The van der Waals surface area contributed by atoms with Gasteiger partial charge in [0.1, 0.15) is 0 Å². The summed E-state index contributed by atoms with van der Waals surface area (Å²) in [7, 11) is -1.82. The van der Waals surface area contributed by atoms with Crippen LogP contribution in [0.5, 0.6) is 0 Å². The van der Waals surface area contributed by atoms with E-state index >= 15 is 0 Å². The van der Waals surface area contributed by atoms with Gasteiger partial charge < -0.3 is 4.43 Å². The predicted molar refractivity (Wildman–Crippen MR) is 94.2 cm³/mol. The van der Waals surface area contributed by atoms with Crippen LogP contribution in [0.3, 0.4) is 0 Å². The summed E-state index contributed by atoms with van der Waals surface area (Å²) in [5.41, 5.74) is 0.999. The maximum Gasteiger partial charge on any atom is 0.186 e. The van der Waals surface area contributed by atoms with Crippen molar-refractivity contribution in [2.75, 3.05) is 0 Å². The lowest BCUT2D eigenvalue weighted by Crippen LogP contribution is -2.27. The molecule has 0 aromatic heterocycles. The Morgan fingerprint density at radius 2 is 1.41 bits per heavy atom. The number of hydrogen-bond donors (Lipinski definition) is 0. The first-order chi connectivity index (χ1) is 10.5. The van der Waals surface area contributed by atoms with Crippen LogP contribution in [0.25, 0.3) is 21.5 Å². The molecule has 0 N–H and O–H groups in total. The van der Waals surface area contributed by atoms with Crippen molar-refractivity contribution in [2.24, 2.45) is 0 Å². The average molecular weight is 305 g/mol. The molecule has 1 atom stereocenters. The first-order valence-electron chi connectivity index (χ1n) is 7.47. The van der Waals surface area contributed by atoms with Crippen LogP contribution in [0, 0.1) is 11.3 Å². The summed E-state index contributed by atoms with van der Waals surface area (Å²) in [5.74, 6) is 0. The highest BCUT2D eigenvalue weighted by molar-refractivity contribution is 6.69. The highest BCUT2D eigenvalue weighted by atomic mass is 28.4. The van der Waals surface area contributed by atoms with Crippen molar-refractivity contribution in [2.45, 2.75) is 25.7 Å². The number of hydrogen-bond acceptors (Lipinski definition) is 2. The second-order valence-electron chi connectivity index (χ2n) is 6.47. The molecule has 0 aliphatic rings. The summed E-state index contributed by atoms with van der Waals surface area (Å²) < 4.78 is 6.17. The van der Waals surface area contributed by atoms with Crippen LogP contribution < -0.4 is 0 Å². The monoisotopic (exact) mass is 305 g/mol. The molecule has 3 rings (SSSR count). The Bertz CT molecular complexity index is 820. The second kappa shape index (κ2) is 5.56. The third-order valence-electron chi connectivity index (χ3n) is 3.66. The van der Waals surface area contributed by atoms with Crippen LogP contribution in [0.4, 0.5) is 0 Å². The molecule has 0 saturated carbocycles. The maximum atomic E-state index is 9.71. The van der Waals surface area contributed by atoms with E-state index in [0.29, 0.717) is 0 Å². The molecule has 1 unspecified atom stereocenters. The first-order valence-corrected chi connectivity index (χ1v) is 10.9. The summed E-state index contributed by atoms with van der Waals surface area (Å²) in [6.45, 7) is 6.35. The lowest BCUT2D eigenvalue weighted by molar-refractivity contribution is 0.258. The van der Waals surface area contributed by atoms with Crippen LogP contribution in [0.15, 0.2) is 54.6 Å². The van der Waals surface area contributed by atoms with Gasteiger partial charge in [0.05, 0.1) is 6.07 Å². The van der Waals surface area contributed by atoms with Crippen molar-refractivity contribution in [1.82, 2.24) is 0 Å². The Hall–Kier alpha value is -2.15. The van der Waals surface area contributed by atoms with Crippen molar-refractivity contribution in [1.29, 1.82) is 5.26 Å². The number of benzene rings is 3. The molecule has 0 spiro atoms. The summed E-state index contributed by atoms with van der Waals surface area (Å²) in [6, 6.07) is 21.0. The van der Waals surface area contributed by atoms with E-state index in [1.54, 1.807) is 0 Å². The van der Waals surface area contributed by atoms with Crippen molar-refractivity contribution < 1.29 is 4.43 Å². The normalized spacial score (nSPS) is 13.2. The first kappa shape index (κ1) is 14.8. The summed E-state index contributed by atoms with van der Waals surface area (Å²) in [6.07, 6.45) is -0.525. The lowest BCUT2D eigenvalue weighted by atomic mass is 9.94. The molecule has 0 aliphatic carbocycles. The Labute approximate surface area is 132 Å². The topological polar surface area (TPSA) is 33.0 Å². The third kappa shape index (κ3) is 2.76. The lowest BCUT2D eigenvalue weighted by Gasteiger charge is -2.24. The van der Waals surface area contributed by atoms with Gasteiger partial charge in [-0.1, -0.05) is 48.5 Å². The molecule has 3 aromatic rings. The zero-order chi connectivity index (χ0) is 15.7. The van der Waals surface area contributed by atoms with E-state index < -0.39 is 14.4 Å².